The minimum absolute atomic E-state index is 0.106. The Morgan fingerprint density at radius 3 is 2.17 bits per heavy atom. The van der Waals surface area contributed by atoms with E-state index in [1.165, 1.54) is 0 Å². The number of unbranched alkanes of at least 4 members (excludes halogenated alkanes) is 2. The molecule has 1 aliphatic rings. The van der Waals surface area contributed by atoms with Crippen molar-refractivity contribution in [2.24, 2.45) is 22.4 Å². The van der Waals surface area contributed by atoms with Gasteiger partial charge in [-0.25, -0.2) is 4.79 Å². The van der Waals surface area contributed by atoms with Crippen LogP contribution < -0.4 is 27.4 Å². The molecule has 268 valence electrons. The Morgan fingerprint density at radius 2 is 1.54 bits per heavy atom. The second-order valence-corrected chi connectivity index (χ2v) is 12.6. The third kappa shape index (κ3) is 14.3. The predicted molar refractivity (Wildman–Crippen MR) is 185 cm³/mol. The molecule has 5 atom stereocenters. The molecule has 48 heavy (non-hydrogen) atoms. The molecule has 1 aromatic rings. The third-order valence-electron chi connectivity index (χ3n) is 8.36. The van der Waals surface area contributed by atoms with Crippen molar-refractivity contribution in [1.82, 2.24) is 20.9 Å². The number of ether oxygens (including phenoxy) is 1. The largest absolute Gasteiger partial charge is 0.460 e. The van der Waals surface area contributed by atoms with Gasteiger partial charge in [0.05, 0.1) is 12.8 Å². The molecule has 0 saturated carbocycles. The van der Waals surface area contributed by atoms with Gasteiger partial charge in [0.25, 0.3) is 0 Å². The first-order valence-electron chi connectivity index (χ1n) is 17.5. The van der Waals surface area contributed by atoms with E-state index in [0.717, 1.165) is 50.8 Å². The SMILES string of the molecule is CCCCC(C)C1CC(=O)NC(CCCCN=C(N)N(CCC)CCC)C(=O)NC(CC(N)=O)C(=O)NC(Cc2ccccc2)C(=O)O1. The number of primary amides is 1. The fourth-order valence-corrected chi connectivity index (χ4v) is 5.64. The molecule has 0 radical (unpaired) electrons. The molecule has 1 aliphatic heterocycles. The topological polar surface area (TPSA) is 198 Å². The van der Waals surface area contributed by atoms with Crippen molar-refractivity contribution < 1.29 is 28.7 Å². The van der Waals surface area contributed by atoms with Gasteiger partial charge < -0.3 is 37.1 Å². The van der Waals surface area contributed by atoms with Crippen LogP contribution in [0.4, 0.5) is 0 Å². The van der Waals surface area contributed by atoms with Crippen molar-refractivity contribution in [3.63, 3.8) is 0 Å². The summed E-state index contributed by atoms with van der Waals surface area (Å²) < 4.78 is 5.95. The highest BCUT2D eigenvalue weighted by molar-refractivity contribution is 5.96. The van der Waals surface area contributed by atoms with E-state index in [4.69, 9.17) is 16.2 Å². The lowest BCUT2D eigenvalue weighted by Gasteiger charge is -2.27. The number of guanidine groups is 1. The maximum atomic E-state index is 13.6. The second kappa shape index (κ2) is 21.7. The van der Waals surface area contributed by atoms with Crippen LogP contribution in [0.1, 0.15) is 97.5 Å². The van der Waals surface area contributed by atoms with Crippen molar-refractivity contribution >= 4 is 35.6 Å². The number of cyclic esters (lactones) is 1. The number of benzene rings is 1. The van der Waals surface area contributed by atoms with E-state index in [-0.39, 0.29) is 25.2 Å². The summed E-state index contributed by atoms with van der Waals surface area (Å²) in [6.07, 6.45) is 4.48. The number of nitrogens with zero attached hydrogens (tertiary/aromatic N) is 2. The normalized spacial score (nSPS) is 21.8. The summed E-state index contributed by atoms with van der Waals surface area (Å²) >= 11 is 0. The zero-order chi connectivity index (χ0) is 35.5. The summed E-state index contributed by atoms with van der Waals surface area (Å²) in [5.41, 5.74) is 12.4. The Labute approximate surface area is 285 Å². The van der Waals surface area contributed by atoms with E-state index in [1.54, 1.807) is 0 Å². The number of esters is 1. The Morgan fingerprint density at radius 1 is 0.896 bits per heavy atom. The molecule has 1 fully saturated rings. The highest BCUT2D eigenvalue weighted by Gasteiger charge is 2.35. The summed E-state index contributed by atoms with van der Waals surface area (Å²) in [5.74, 6) is -3.04. The number of carbonyl (C=O) groups excluding carboxylic acids is 5. The van der Waals surface area contributed by atoms with Crippen LogP contribution >= 0.6 is 0 Å². The number of rotatable bonds is 17. The smallest absolute Gasteiger partial charge is 0.329 e. The van der Waals surface area contributed by atoms with Gasteiger partial charge in [-0.2, -0.15) is 0 Å². The summed E-state index contributed by atoms with van der Waals surface area (Å²) in [6.45, 7) is 10.2. The van der Waals surface area contributed by atoms with Gasteiger partial charge in [0.15, 0.2) is 5.96 Å². The monoisotopic (exact) mass is 671 g/mol. The van der Waals surface area contributed by atoms with E-state index in [2.05, 4.69) is 41.7 Å². The minimum atomic E-state index is -1.37. The van der Waals surface area contributed by atoms with Crippen LogP contribution in [0.5, 0.6) is 0 Å². The van der Waals surface area contributed by atoms with Crippen LogP contribution in [0.15, 0.2) is 35.3 Å². The van der Waals surface area contributed by atoms with E-state index >= 15 is 0 Å². The zero-order valence-electron chi connectivity index (χ0n) is 29.2. The molecular formula is C35H57N7O6. The Hall–Kier alpha value is -4.16. The van der Waals surface area contributed by atoms with Crippen LogP contribution in [0.2, 0.25) is 0 Å². The van der Waals surface area contributed by atoms with Gasteiger partial charge in [0.2, 0.25) is 23.6 Å². The molecule has 13 heteroatoms. The van der Waals surface area contributed by atoms with Gasteiger partial charge in [-0.05, 0) is 50.0 Å². The van der Waals surface area contributed by atoms with Crippen LogP contribution in [-0.2, 0) is 35.1 Å². The van der Waals surface area contributed by atoms with Crippen LogP contribution in [-0.4, -0.2) is 84.3 Å². The molecule has 0 aliphatic carbocycles. The van der Waals surface area contributed by atoms with Crippen molar-refractivity contribution in [2.45, 2.75) is 123 Å². The van der Waals surface area contributed by atoms with Gasteiger partial charge >= 0.3 is 5.97 Å². The Balaban J connectivity index is 2.33. The molecule has 0 aromatic heterocycles. The van der Waals surface area contributed by atoms with Crippen molar-refractivity contribution in [3.05, 3.63) is 35.9 Å². The molecule has 13 nitrogen and oxygen atoms in total. The van der Waals surface area contributed by atoms with Crippen LogP contribution in [0.25, 0.3) is 0 Å². The van der Waals surface area contributed by atoms with Gasteiger partial charge in [-0.15, -0.1) is 0 Å². The van der Waals surface area contributed by atoms with Gasteiger partial charge in [0.1, 0.15) is 24.2 Å². The zero-order valence-corrected chi connectivity index (χ0v) is 29.2. The molecular weight excluding hydrogens is 614 g/mol. The number of nitrogens with two attached hydrogens (primary N) is 2. The summed E-state index contributed by atoms with van der Waals surface area (Å²) in [7, 11) is 0. The maximum absolute atomic E-state index is 13.6. The molecule has 0 bridgehead atoms. The summed E-state index contributed by atoms with van der Waals surface area (Å²) in [4.78, 5) is 72.7. The van der Waals surface area contributed by atoms with E-state index in [1.807, 2.05) is 42.2 Å². The van der Waals surface area contributed by atoms with Gasteiger partial charge in [-0.3, -0.25) is 24.2 Å². The van der Waals surface area contributed by atoms with Gasteiger partial charge in [-0.1, -0.05) is 70.9 Å². The van der Waals surface area contributed by atoms with Crippen molar-refractivity contribution in [3.8, 4) is 0 Å². The lowest BCUT2D eigenvalue weighted by Crippen LogP contribution is -2.56. The number of aliphatic imine (C=N–C) groups is 1. The highest BCUT2D eigenvalue weighted by Crippen LogP contribution is 2.20. The first-order valence-corrected chi connectivity index (χ1v) is 17.5. The van der Waals surface area contributed by atoms with Crippen molar-refractivity contribution in [2.75, 3.05) is 19.6 Å². The Bertz CT molecular complexity index is 1210. The second-order valence-electron chi connectivity index (χ2n) is 12.6. The first-order chi connectivity index (χ1) is 23.0. The molecule has 2 rings (SSSR count). The molecule has 5 unspecified atom stereocenters. The fourth-order valence-electron chi connectivity index (χ4n) is 5.64. The highest BCUT2D eigenvalue weighted by atomic mass is 16.5. The summed E-state index contributed by atoms with van der Waals surface area (Å²) in [6, 6.07) is 5.58. The maximum Gasteiger partial charge on any atom is 0.329 e. The first kappa shape index (κ1) is 40.0. The molecule has 0 spiro atoms. The van der Waals surface area contributed by atoms with E-state index in [0.29, 0.717) is 25.3 Å². The van der Waals surface area contributed by atoms with Gasteiger partial charge in [0, 0.05) is 26.1 Å². The minimum Gasteiger partial charge on any atom is -0.460 e. The third-order valence-corrected chi connectivity index (χ3v) is 8.36. The molecule has 1 aromatic carbocycles. The number of amides is 4. The standard InChI is InChI=1S/C35H57N7O6/c1-5-8-14-24(4)29-23-31(44)39-26(17-12-13-18-38-35(37)42(19-6-2)20-7-3)32(45)40-27(22-30(36)43)33(46)41-28(34(47)48-29)21-25-15-10-9-11-16-25/h9-11,15-16,24,26-29H,5-8,12-14,17-23H2,1-4H3,(H2,36,43)(H2,37,38)(H,39,44)(H,40,45)(H,41,46). The molecule has 4 amide bonds. The van der Waals surface area contributed by atoms with E-state index < -0.39 is 60.2 Å². The van der Waals surface area contributed by atoms with Crippen molar-refractivity contribution in [1.29, 1.82) is 0 Å². The van der Waals surface area contributed by atoms with Crippen LogP contribution in [0.3, 0.4) is 0 Å². The Kier molecular flexibility index (Phi) is 18.1. The lowest BCUT2D eigenvalue weighted by atomic mass is 9.95. The summed E-state index contributed by atoms with van der Waals surface area (Å²) in [5, 5.41) is 8.07. The van der Waals surface area contributed by atoms with Crippen LogP contribution in [0, 0.1) is 5.92 Å². The quantitative estimate of drug-likeness (QED) is 0.0719. The molecule has 7 N–H and O–H groups in total. The fraction of sp³-hybridized carbons (Fsp3) is 0.657. The number of nitrogens with one attached hydrogen (secondary N) is 3. The number of hydrogen-bond acceptors (Lipinski definition) is 7. The van der Waals surface area contributed by atoms with E-state index in [9.17, 15) is 24.0 Å². The predicted octanol–water partition coefficient (Wildman–Crippen LogP) is 2.31. The number of hydrogen-bond donors (Lipinski definition) is 5. The lowest BCUT2D eigenvalue weighted by molar-refractivity contribution is -0.157. The number of carbonyl (C=O) groups is 5. The molecule has 1 saturated heterocycles. The molecule has 1 heterocycles. The average molecular weight is 672 g/mol. The average Bonchev–Trinajstić information content (AvgIpc) is 3.05.